The van der Waals surface area contributed by atoms with Crippen LogP contribution in [0.25, 0.3) is 0 Å². The van der Waals surface area contributed by atoms with Crippen LogP contribution in [0, 0.1) is 10.8 Å². The number of aldehydes is 1. The van der Waals surface area contributed by atoms with Crippen LogP contribution in [0.2, 0.25) is 0 Å². The zero-order chi connectivity index (χ0) is 10.7. The molecule has 1 aliphatic rings. The molecule has 15 heavy (non-hydrogen) atoms. The van der Waals surface area contributed by atoms with E-state index in [2.05, 4.69) is 17.3 Å². The van der Waals surface area contributed by atoms with E-state index in [1.807, 2.05) is 18.2 Å². The van der Waals surface area contributed by atoms with Crippen molar-refractivity contribution in [2.24, 2.45) is 11.1 Å². The molecule has 0 N–H and O–H groups in total. The van der Waals surface area contributed by atoms with Crippen molar-refractivity contribution in [1.29, 1.82) is 0 Å². The van der Waals surface area contributed by atoms with Crippen LogP contribution in [0.3, 0.4) is 0 Å². The Bertz CT molecular complexity index is 353. The molecule has 0 bridgehead atoms. The number of hydrogen-bond acceptors (Lipinski definition) is 3. The number of carbonyl (C=O) groups is 1. The number of hydrogen-bond donors (Lipinski definition) is 0. The van der Waals surface area contributed by atoms with Crippen LogP contribution in [0.1, 0.15) is 18.4 Å². The average molecular weight is 203 g/mol. The molecule has 1 aromatic rings. The SMILES string of the molecule is O=CC1(N=O)CC1CCc1ccccc1. The standard InChI is InChI=1S/C12H13NO2/c14-9-12(13-15)8-11(12)7-6-10-4-2-1-3-5-10/h1-5,9,11H,6-8H2. The van der Waals surface area contributed by atoms with Crippen LogP contribution in [0.15, 0.2) is 35.5 Å². The molecule has 0 amide bonds. The van der Waals surface area contributed by atoms with E-state index in [1.165, 1.54) is 5.56 Å². The van der Waals surface area contributed by atoms with Crippen molar-refractivity contribution in [3.63, 3.8) is 0 Å². The Morgan fingerprint density at radius 2 is 2.13 bits per heavy atom. The molecule has 2 unspecified atom stereocenters. The minimum atomic E-state index is -0.880. The van der Waals surface area contributed by atoms with Gasteiger partial charge in [0.2, 0.25) is 0 Å². The first-order valence-electron chi connectivity index (χ1n) is 5.15. The lowest BCUT2D eigenvalue weighted by Crippen LogP contribution is -2.09. The number of carbonyl (C=O) groups excluding carboxylic acids is 1. The quantitative estimate of drug-likeness (QED) is 0.544. The number of benzene rings is 1. The molecule has 0 aliphatic heterocycles. The van der Waals surface area contributed by atoms with E-state index >= 15 is 0 Å². The van der Waals surface area contributed by atoms with E-state index in [-0.39, 0.29) is 5.92 Å². The van der Waals surface area contributed by atoms with Crippen molar-refractivity contribution in [3.05, 3.63) is 40.8 Å². The van der Waals surface area contributed by atoms with Crippen LogP contribution in [0.4, 0.5) is 0 Å². The van der Waals surface area contributed by atoms with Crippen molar-refractivity contribution in [1.82, 2.24) is 0 Å². The molecule has 0 saturated heterocycles. The molecule has 0 spiro atoms. The summed E-state index contributed by atoms with van der Waals surface area (Å²) in [5, 5.41) is 2.93. The van der Waals surface area contributed by atoms with E-state index in [1.54, 1.807) is 0 Å². The van der Waals surface area contributed by atoms with Gasteiger partial charge in [0.25, 0.3) is 0 Å². The second kappa shape index (κ2) is 3.93. The first-order valence-corrected chi connectivity index (χ1v) is 5.15. The molecule has 1 aromatic carbocycles. The molecule has 3 nitrogen and oxygen atoms in total. The van der Waals surface area contributed by atoms with E-state index < -0.39 is 5.54 Å². The van der Waals surface area contributed by atoms with Gasteiger partial charge in [0, 0.05) is 0 Å². The topological polar surface area (TPSA) is 46.5 Å². The van der Waals surface area contributed by atoms with Crippen LogP contribution in [0.5, 0.6) is 0 Å². The number of rotatable bonds is 5. The molecule has 1 aliphatic carbocycles. The number of nitroso groups, excluding NO2 is 1. The van der Waals surface area contributed by atoms with Gasteiger partial charge in [-0.1, -0.05) is 35.5 Å². The largest absolute Gasteiger partial charge is 0.301 e. The second-order valence-corrected chi connectivity index (χ2v) is 4.13. The molecule has 3 heteroatoms. The predicted octanol–water partition coefficient (Wildman–Crippen LogP) is 2.34. The third-order valence-electron chi connectivity index (χ3n) is 3.12. The summed E-state index contributed by atoms with van der Waals surface area (Å²) >= 11 is 0. The van der Waals surface area contributed by atoms with E-state index in [4.69, 9.17) is 0 Å². The van der Waals surface area contributed by atoms with Gasteiger partial charge in [-0.25, -0.2) is 0 Å². The summed E-state index contributed by atoms with van der Waals surface area (Å²) in [5.74, 6) is 0.160. The first kappa shape index (κ1) is 10.0. The highest BCUT2D eigenvalue weighted by atomic mass is 16.3. The zero-order valence-electron chi connectivity index (χ0n) is 8.43. The fourth-order valence-electron chi connectivity index (χ4n) is 1.95. The van der Waals surface area contributed by atoms with E-state index in [0.717, 1.165) is 12.8 Å². The monoisotopic (exact) mass is 203 g/mol. The van der Waals surface area contributed by atoms with Gasteiger partial charge in [-0.15, -0.1) is 4.91 Å². The van der Waals surface area contributed by atoms with Gasteiger partial charge in [-0.3, -0.25) is 0 Å². The van der Waals surface area contributed by atoms with Gasteiger partial charge in [0.1, 0.15) is 0 Å². The molecule has 1 fully saturated rings. The smallest absolute Gasteiger partial charge is 0.161 e. The zero-order valence-corrected chi connectivity index (χ0v) is 8.43. The third-order valence-corrected chi connectivity index (χ3v) is 3.12. The highest BCUT2D eigenvalue weighted by Crippen LogP contribution is 2.48. The van der Waals surface area contributed by atoms with Gasteiger partial charge < -0.3 is 4.79 Å². The van der Waals surface area contributed by atoms with E-state index in [0.29, 0.717) is 12.7 Å². The highest BCUT2D eigenvalue weighted by Gasteiger charge is 2.56. The third kappa shape index (κ3) is 1.96. The average Bonchev–Trinajstić information content (AvgIpc) is 3.02. The van der Waals surface area contributed by atoms with Gasteiger partial charge in [-0.2, -0.15) is 0 Å². The summed E-state index contributed by atoms with van der Waals surface area (Å²) < 4.78 is 0. The Kier molecular flexibility index (Phi) is 2.62. The van der Waals surface area contributed by atoms with Crippen LogP contribution < -0.4 is 0 Å². The Morgan fingerprint density at radius 3 is 2.67 bits per heavy atom. The molecule has 0 radical (unpaired) electrons. The lowest BCUT2D eigenvalue weighted by molar-refractivity contribution is -0.109. The lowest BCUT2D eigenvalue weighted by atomic mass is 10.1. The van der Waals surface area contributed by atoms with E-state index in [9.17, 15) is 9.70 Å². The molecular weight excluding hydrogens is 190 g/mol. The van der Waals surface area contributed by atoms with Crippen molar-refractivity contribution >= 4 is 6.29 Å². The summed E-state index contributed by atoms with van der Waals surface area (Å²) in [6.07, 6.45) is 3.12. The Morgan fingerprint density at radius 1 is 1.40 bits per heavy atom. The van der Waals surface area contributed by atoms with Crippen molar-refractivity contribution < 1.29 is 4.79 Å². The minimum absolute atomic E-state index is 0.160. The molecule has 0 aromatic heterocycles. The summed E-state index contributed by atoms with van der Waals surface area (Å²) in [6, 6.07) is 10.1. The lowest BCUT2D eigenvalue weighted by Gasteiger charge is -2.01. The maximum Gasteiger partial charge on any atom is 0.161 e. The highest BCUT2D eigenvalue weighted by molar-refractivity contribution is 5.70. The minimum Gasteiger partial charge on any atom is -0.301 e. The number of nitrogens with zero attached hydrogens (tertiary/aromatic N) is 1. The molecule has 2 atom stereocenters. The van der Waals surface area contributed by atoms with Crippen LogP contribution >= 0.6 is 0 Å². The maximum atomic E-state index is 10.6. The van der Waals surface area contributed by atoms with Crippen molar-refractivity contribution in [2.45, 2.75) is 24.8 Å². The van der Waals surface area contributed by atoms with Gasteiger partial charge in [0.05, 0.1) is 0 Å². The van der Waals surface area contributed by atoms with Crippen LogP contribution in [-0.4, -0.2) is 11.8 Å². The fourth-order valence-corrected chi connectivity index (χ4v) is 1.95. The normalized spacial score (nSPS) is 28.4. The Hall–Kier alpha value is -1.51. The van der Waals surface area contributed by atoms with Crippen molar-refractivity contribution in [2.75, 3.05) is 0 Å². The van der Waals surface area contributed by atoms with Crippen LogP contribution in [-0.2, 0) is 11.2 Å². The first-order chi connectivity index (χ1) is 7.30. The predicted molar refractivity (Wildman–Crippen MR) is 57.5 cm³/mol. The molecule has 78 valence electrons. The molecule has 1 saturated carbocycles. The van der Waals surface area contributed by atoms with Crippen molar-refractivity contribution in [3.8, 4) is 0 Å². The number of aryl methyl sites for hydroxylation is 1. The Balaban J connectivity index is 1.87. The van der Waals surface area contributed by atoms with Gasteiger partial charge >= 0.3 is 0 Å². The maximum absolute atomic E-state index is 10.6. The molecular formula is C12H13NO2. The fraction of sp³-hybridized carbons (Fsp3) is 0.417. The molecule has 2 rings (SSSR count). The van der Waals surface area contributed by atoms with Gasteiger partial charge in [0.15, 0.2) is 11.8 Å². The summed E-state index contributed by atoms with van der Waals surface area (Å²) in [6.45, 7) is 0. The van der Waals surface area contributed by atoms with Gasteiger partial charge in [-0.05, 0) is 30.7 Å². The second-order valence-electron chi connectivity index (χ2n) is 4.13. The Labute approximate surface area is 88.5 Å². The summed E-state index contributed by atoms with van der Waals surface area (Å²) in [4.78, 5) is 21.1. The summed E-state index contributed by atoms with van der Waals surface area (Å²) in [5.41, 5.74) is 0.365. The summed E-state index contributed by atoms with van der Waals surface area (Å²) in [7, 11) is 0. The molecule has 0 heterocycles.